The molecule has 0 saturated carbocycles. The highest BCUT2D eigenvalue weighted by molar-refractivity contribution is 14.0. The Morgan fingerprint density at radius 1 is 1.04 bits per heavy atom. The number of nitrogens with zero attached hydrogens (tertiary/aromatic N) is 6. The summed E-state index contributed by atoms with van der Waals surface area (Å²) in [5.41, 5.74) is 0. The van der Waals surface area contributed by atoms with Crippen LogP contribution >= 0.6 is 24.0 Å². The summed E-state index contributed by atoms with van der Waals surface area (Å²) in [6.45, 7) is 11.6. The molecular formula is C19H34IN7. The zero-order valence-electron chi connectivity index (χ0n) is 16.5. The van der Waals surface area contributed by atoms with E-state index in [1.165, 1.54) is 45.3 Å². The fourth-order valence-corrected chi connectivity index (χ4v) is 3.64. The Morgan fingerprint density at radius 3 is 2.41 bits per heavy atom. The molecule has 0 atom stereocenters. The second-order valence-electron chi connectivity index (χ2n) is 7.01. The topological polar surface area (TPSA) is 59.9 Å². The van der Waals surface area contributed by atoms with Crippen molar-refractivity contribution >= 4 is 35.9 Å². The predicted molar refractivity (Wildman–Crippen MR) is 122 cm³/mol. The Balaban J connectivity index is 0.00000261. The van der Waals surface area contributed by atoms with Gasteiger partial charge in [-0.1, -0.05) is 0 Å². The largest absolute Gasteiger partial charge is 0.357 e. The molecule has 0 aromatic carbocycles. The van der Waals surface area contributed by atoms with Crippen molar-refractivity contribution in [3.63, 3.8) is 0 Å². The first-order chi connectivity index (χ1) is 12.9. The van der Waals surface area contributed by atoms with Crippen molar-refractivity contribution in [3.8, 4) is 0 Å². The van der Waals surface area contributed by atoms with Crippen LogP contribution in [0, 0.1) is 0 Å². The van der Waals surface area contributed by atoms with Gasteiger partial charge in [-0.25, -0.2) is 9.97 Å². The highest BCUT2D eigenvalue weighted by atomic mass is 127. The van der Waals surface area contributed by atoms with Crippen molar-refractivity contribution in [2.75, 3.05) is 63.8 Å². The minimum atomic E-state index is 0. The fourth-order valence-electron chi connectivity index (χ4n) is 3.64. The van der Waals surface area contributed by atoms with E-state index in [4.69, 9.17) is 4.99 Å². The van der Waals surface area contributed by atoms with Crippen LogP contribution in [0.15, 0.2) is 23.5 Å². The lowest BCUT2D eigenvalue weighted by Crippen LogP contribution is -2.53. The van der Waals surface area contributed by atoms with Gasteiger partial charge in [-0.15, -0.1) is 24.0 Å². The Labute approximate surface area is 180 Å². The molecular weight excluding hydrogens is 453 g/mol. The number of aromatic nitrogens is 2. The number of anilines is 1. The van der Waals surface area contributed by atoms with E-state index in [0.717, 1.165) is 51.2 Å². The zero-order chi connectivity index (χ0) is 18.0. The SMILES string of the molecule is CCNC(=NCCCCN1CCCC1)N1CCN(c2ncccn2)CC1.I. The Morgan fingerprint density at radius 2 is 1.74 bits per heavy atom. The van der Waals surface area contributed by atoms with Crippen molar-refractivity contribution < 1.29 is 0 Å². The van der Waals surface area contributed by atoms with Crippen LogP contribution in [0.5, 0.6) is 0 Å². The van der Waals surface area contributed by atoms with Crippen LogP contribution in [-0.4, -0.2) is 84.6 Å². The van der Waals surface area contributed by atoms with Crippen LogP contribution in [0.4, 0.5) is 5.95 Å². The molecule has 0 aliphatic carbocycles. The van der Waals surface area contributed by atoms with Gasteiger partial charge in [0.15, 0.2) is 5.96 Å². The summed E-state index contributed by atoms with van der Waals surface area (Å²) in [6.07, 6.45) is 8.79. The van der Waals surface area contributed by atoms with Crippen molar-refractivity contribution in [1.82, 2.24) is 25.1 Å². The van der Waals surface area contributed by atoms with Crippen molar-refractivity contribution in [2.24, 2.45) is 4.99 Å². The first kappa shape index (κ1) is 22.1. The third-order valence-electron chi connectivity index (χ3n) is 5.09. The number of likely N-dealkylation sites (tertiary alicyclic amines) is 1. The Hall–Kier alpha value is -1.16. The van der Waals surface area contributed by atoms with Crippen molar-refractivity contribution in [1.29, 1.82) is 0 Å². The van der Waals surface area contributed by atoms with Crippen molar-refractivity contribution in [2.45, 2.75) is 32.6 Å². The third-order valence-corrected chi connectivity index (χ3v) is 5.09. The number of piperazine rings is 1. The number of hydrogen-bond donors (Lipinski definition) is 1. The third kappa shape index (κ3) is 7.06. The van der Waals surface area contributed by atoms with Crippen LogP contribution < -0.4 is 10.2 Å². The van der Waals surface area contributed by atoms with Gasteiger partial charge in [-0.3, -0.25) is 4.99 Å². The van der Waals surface area contributed by atoms with E-state index < -0.39 is 0 Å². The molecule has 0 amide bonds. The van der Waals surface area contributed by atoms with E-state index in [2.05, 4.69) is 36.9 Å². The lowest BCUT2D eigenvalue weighted by atomic mass is 10.3. The molecule has 7 nitrogen and oxygen atoms in total. The number of hydrogen-bond acceptors (Lipinski definition) is 5. The molecule has 0 spiro atoms. The van der Waals surface area contributed by atoms with Crippen LogP contribution in [0.25, 0.3) is 0 Å². The highest BCUT2D eigenvalue weighted by Crippen LogP contribution is 2.10. The van der Waals surface area contributed by atoms with E-state index in [0.29, 0.717) is 0 Å². The highest BCUT2D eigenvalue weighted by Gasteiger charge is 2.21. The Kier molecular flexibility index (Phi) is 10.1. The molecule has 2 aliphatic rings. The van der Waals surface area contributed by atoms with Gasteiger partial charge in [0, 0.05) is 51.7 Å². The molecule has 152 valence electrons. The second kappa shape index (κ2) is 12.3. The van der Waals surface area contributed by atoms with Gasteiger partial charge in [-0.05, 0) is 58.3 Å². The number of unbranched alkanes of at least 4 members (excludes halogenated alkanes) is 1. The molecule has 8 heteroatoms. The van der Waals surface area contributed by atoms with E-state index in [9.17, 15) is 0 Å². The van der Waals surface area contributed by atoms with Gasteiger partial charge in [0.1, 0.15) is 0 Å². The van der Waals surface area contributed by atoms with Gasteiger partial charge < -0.3 is 20.0 Å². The molecule has 0 radical (unpaired) electrons. The number of rotatable bonds is 7. The number of nitrogens with one attached hydrogen (secondary N) is 1. The summed E-state index contributed by atoms with van der Waals surface area (Å²) >= 11 is 0. The molecule has 2 fully saturated rings. The number of halogens is 1. The lowest BCUT2D eigenvalue weighted by Gasteiger charge is -2.36. The zero-order valence-corrected chi connectivity index (χ0v) is 18.8. The van der Waals surface area contributed by atoms with E-state index >= 15 is 0 Å². The summed E-state index contributed by atoms with van der Waals surface area (Å²) in [6, 6.07) is 1.86. The van der Waals surface area contributed by atoms with E-state index in [-0.39, 0.29) is 24.0 Å². The van der Waals surface area contributed by atoms with Crippen LogP contribution in [0.3, 0.4) is 0 Å². The average molecular weight is 487 g/mol. The standard InChI is InChI=1S/C19H33N7.HI/c1-2-20-18(21-8-3-4-11-24-12-5-6-13-24)25-14-16-26(17-15-25)19-22-9-7-10-23-19;/h7,9-10H,2-6,8,11-17H2,1H3,(H,20,21);1H. The predicted octanol–water partition coefficient (Wildman–Crippen LogP) is 2.06. The smallest absolute Gasteiger partial charge is 0.225 e. The van der Waals surface area contributed by atoms with E-state index in [1.807, 2.05) is 18.5 Å². The summed E-state index contributed by atoms with van der Waals surface area (Å²) < 4.78 is 0. The van der Waals surface area contributed by atoms with Crippen LogP contribution in [-0.2, 0) is 0 Å². The van der Waals surface area contributed by atoms with Gasteiger partial charge in [0.25, 0.3) is 0 Å². The maximum Gasteiger partial charge on any atom is 0.225 e. The Bertz CT molecular complexity index is 540. The minimum Gasteiger partial charge on any atom is -0.357 e. The summed E-state index contributed by atoms with van der Waals surface area (Å²) in [7, 11) is 0. The number of guanidine groups is 1. The molecule has 1 aromatic heterocycles. The maximum atomic E-state index is 4.86. The molecule has 1 N–H and O–H groups in total. The van der Waals surface area contributed by atoms with Gasteiger partial charge in [0.05, 0.1) is 0 Å². The number of aliphatic imine (C=N–C) groups is 1. The fraction of sp³-hybridized carbons (Fsp3) is 0.737. The van der Waals surface area contributed by atoms with Gasteiger partial charge in [0.2, 0.25) is 5.95 Å². The molecule has 2 saturated heterocycles. The first-order valence-corrected chi connectivity index (χ1v) is 10.1. The summed E-state index contributed by atoms with van der Waals surface area (Å²) in [5, 5.41) is 3.45. The monoisotopic (exact) mass is 487 g/mol. The van der Waals surface area contributed by atoms with Gasteiger partial charge >= 0.3 is 0 Å². The van der Waals surface area contributed by atoms with Crippen LogP contribution in [0.2, 0.25) is 0 Å². The second-order valence-corrected chi connectivity index (χ2v) is 7.01. The maximum absolute atomic E-state index is 4.86. The first-order valence-electron chi connectivity index (χ1n) is 10.1. The van der Waals surface area contributed by atoms with Gasteiger partial charge in [-0.2, -0.15) is 0 Å². The quantitative estimate of drug-likeness (QED) is 0.275. The van der Waals surface area contributed by atoms with Crippen LogP contribution in [0.1, 0.15) is 32.6 Å². The van der Waals surface area contributed by atoms with E-state index in [1.54, 1.807) is 0 Å². The molecule has 2 aliphatic heterocycles. The lowest BCUT2D eigenvalue weighted by molar-refractivity contribution is 0.330. The normalized spacial score (nSPS) is 18.5. The molecule has 3 rings (SSSR count). The average Bonchev–Trinajstić information content (AvgIpc) is 3.21. The molecule has 27 heavy (non-hydrogen) atoms. The minimum absolute atomic E-state index is 0. The molecule has 0 unspecified atom stereocenters. The molecule has 0 bridgehead atoms. The molecule has 3 heterocycles. The van der Waals surface area contributed by atoms with Crippen molar-refractivity contribution in [3.05, 3.63) is 18.5 Å². The summed E-state index contributed by atoms with van der Waals surface area (Å²) in [4.78, 5) is 20.8. The molecule has 1 aromatic rings. The summed E-state index contributed by atoms with van der Waals surface area (Å²) in [5.74, 6) is 1.89.